The van der Waals surface area contributed by atoms with Gasteiger partial charge in [0.25, 0.3) is 6.47 Å². The maximum Gasteiger partial charge on any atom is 0.293 e. The number of pyridine rings is 1. The highest BCUT2D eigenvalue weighted by Crippen LogP contribution is 2.19. The summed E-state index contributed by atoms with van der Waals surface area (Å²) in [6.45, 7) is 0.790. The predicted molar refractivity (Wildman–Crippen MR) is 65.6 cm³/mol. The van der Waals surface area contributed by atoms with Gasteiger partial charge in [-0.1, -0.05) is 12.1 Å². The van der Waals surface area contributed by atoms with Crippen LogP contribution in [0.15, 0.2) is 36.5 Å². The lowest BCUT2D eigenvalue weighted by atomic mass is 10.0. The molecule has 1 aromatic carbocycles. The van der Waals surface area contributed by atoms with Crippen molar-refractivity contribution in [2.24, 2.45) is 0 Å². The first-order valence-corrected chi connectivity index (χ1v) is 5.42. The summed E-state index contributed by atoms with van der Waals surface area (Å²) < 4.78 is 4.79. The molecule has 1 N–H and O–H groups in total. The van der Waals surface area contributed by atoms with E-state index in [0.29, 0.717) is 13.1 Å². The maximum absolute atomic E-state index is 10.2. The Morgan fingerprint density at radius 1 is 1.47 bits per heavy atom. The topological polar surface area (TPSA) is 51.2 Å². The number of likely N-dealkylation sites (N-methyl/N-ethyl adjacent to an activating group) is 1. The minimum absolute atomic E-state index is 0.00445. The number of fused-ring (bicyclic) bond motifs is 1. The van der Waals surface area contributed by atoms with Gasteiger partial charge >= 0.3 is 0 Å². The fourth-order valence-electron chi connectivity index (χ4n) is 1.79. The molecule has 0 radical (unpaired) electrons. The van der Waals surface area contributed by atoms with Gasteiger partial charge in [0.1, 0.15) is 6.61 Å². The highest BCUT2D eigenvalue weighted by molar-refractivity contribution is 5.79. The van der Waals surface area contributed by atoms with Crippen molar-refractivity contribution in [1.82, 2.24) is 10.3 Å². The van der Waals surface area contributed by atoms with E-state index in [1.54, 1.807) is 6.20 Å². The number of carbonyl (C=O) groups excluding carboxylic acids is 1. The van der Waals surface area contributed by atoms with Crippen molar-refractivity contribution in [3.8, 4) is 0 Å². The number of rotatable bonds is 5. The smallest absolute Gasteiger partial charge is 0.293 e. The monoisotopic (exact) mass is 230 g/mol. The standard InChI is InChI=1S/C13H14N2O2/c1-14-13(8-17-9-16)11-4-5-12-10(7-11)3-2-6-15-12/h2-7,9,13-14H,8H2,1H3. The minimum atomic E-state index is 0.00445. The van der Waals surface area contributed by atoms with Crippen molar-refractivity contribution in [2.75, 3.05) is 13.7 Å². The van der Waals surface area contributed by atoms with Crippen molar-refractivity contribution in [1.29, 1.82) is 0 Å². The van der Waals surface area contributed by atoms with E-state index in [1.165, 1.54) is 0 Å². The van der Waals surface area contributed by atoms with Gasteiger partial charge in [0.2, 0.25) is 0 Å². The van der Waals surface area contributed by atoms with Gasteiger partial charge in [-0.05, 0) is 30.8 Å². The van der Waals surface area contributed by atoms with E-state index in [0.717, 1.165) is 16.5 Å². The van der Waals surface area contributed by atoms with Gasteiger partial charge in [-0.3, -0.25) is 9.78 Å². The molecular weight excluding hydrogens is 216 g/mol. The molecule has 0 spiro atoms. The van der Waals surface area contributed by atoms with E-state index >= 15 is 0 Å². The van der Waals surface area contributed by atoms with Crippen LogP contribution in [0.5, 0.6) is 0 Å². The van der Waals surface area contributed by atoms with Gasteiger partial charge in [0.15, 0.2) is 0 Å². The third-order valence-electron chi connectivity index (χ3n) is 2.71. The molecule has 1 aromatic heterocycles. The molecule has 4 nitrogen and oxygen atoms in total. The van der Waals surface area contributed by atoms with E-state index in [1.807, 2.05) is 31.3 Å². The molecule has 4 heteroatoms. The van der Waals surface area contributed by atoms with Crippen LogP contribution in [-0.4, -0.2) is 25.1 Å². The van der Waals surface area contributed by atoms with Crippen LogP contribution >= 0.6 is 0 Å². The lowest BCUT2D eigenvalue weighted by molar-refractivity contribution is -0.129. The number of carbonyl (C=O) groups is 1. The summed E-state index contributed by atoms with van der Waals surface area (Å²) in [5.41, 5.74) is 2.04. The van der Waals surface area contributed by atoms with Crippen molar-refractivity contribution in [3.05, 3.63) is 42.1 Å². The van der Waals surface area contributed by atoms with Gasteiger partial charge < -0.3 is 10.1 Å². The highest BCUT2D eigenvalue weighted by Gasteiger charge is 2.10. The van der Waals surface area contributed by atoms with E-state index in [-0.39, 0.29) is 6.04 Å². The van der Waals surface area contributed by atoms with Gasteiger partial charge in [-0.15, -0.1) is 0 Å². The Morgan fingerprint density at radius 3 is 3.12 bits per heavy atom. The molecule has 0 aliphatic carbocycles. The van der Waals surface area contributed by atoms with Gasteiger partial charge in [-0.25, -0.2) is 0 Å². The average molecular weight is 230 g/mol. The zero-order valence-electron chi connectivity index (χ0n) is 9.59. The Bertz CT molecular complexity index is 514. The Balaban J connectivity index is 2.30. The second-order valence-electron chi connectivity index (χ2n) is 3.73. The average Bonchev–Trinajstić information content (AvgIpc) is 2.39. The quantitative estimate of drug-likeness (QED) is 0.794. The Kier molecular flexibility index (Phi) is 3.67. The van der Waals surface area contributed by atoms with Crippen LogP contribution in [0.1, 0.15) is 11.6 Å². The molecule has 2 aromatic rings. The normalized spacial score (nSPS) is 12.3. The Morgan fingerprint density at radius 2 is 2.35 bits per heavy atom. The number of benzene rings is 1. The second kappa shape index (κ2) is 5.41. The molecule has 2 rings (SSSR count). The van der Waals surface area contributed by atoms with E-state index < -0.39 is 0 Å². The molecule has 1 atom stereocenters. The van der Waals surface area contributed by atoms with Crippen molar-refractivity contribution in [3.63, 3.8) is 0 Å². The molecule has 1 heterocycles. The molecule has 0 aliphatic rings. The number of ether oxygens (including phenoxy) is 1. The summed E-state index contributed by atoms with van der Waals surface area (Å²) in [5.74, 6) is 0. The molecule has 0 saturated heterocycles. The van der Waals surface area contributed by atoms with E-state index in [4.69, 9.17) is 4.74 Å². The molecule has 0 amide bonds. The fraction of sp³-hybridized carbons (Fsp3) is 0.231. The first-order chi connectivity index (χ1) is 8.35. The Hall–Kier alpha value is -1.94. The fourth-order valence-corrected chi connectivity index (χ4v) is 1.79. The molecular formula is C13H14N2O2. The third kappa shape index (κ3) is 2.60. The van der Waals surface area contributed by atoms with Crippen LogP contribution in [0.25, 0.3) is 10.9 Å². The van der Waals surface area contributed by atoms with E-state index in [2.05, 4.69) is 16.4 Å². The van der Waals surface area contributed by atoms with E-state index in [9.17, 15) is 4.79 Å². The van der Waals surface area contributed by atoms with Gasteiger partial charge in [-0.2, -0.15) is 0 Å². The minimum Gasteiger partial charge on any atom is -0.466 e. The summed E-state index contributed by atoms with van der Waals surface area (Å²) >= 11 is 0. The summed E-state index contributed by atoms with van der Waals surface area (Å²) in [5, 5.41) is 4.19. The van der Waals surface area contributed by atoms with Crippen LogP contribution in [-0.2, 0) is 9.53 Å². The second-order valence-corrected chi connectivity index (χ2v) is 3.73. The van der Waals surface area contributed by atoms with Crippen LogP contribution < -0.4 is 5.32 Å². The molecule has 0 bridgehead atoms. The third-order valence-corrected chi connectivity index (χ3v) is 2.71. The van der Waals surface area contributed by atoms with Gasteiger partial charge in [0, 0.05) is 11.6 Å². The van der Waals surface area contributed by atoms with Gasteiger partial charge in [0.05, 0.1) is 11.6 Å². The Labute approximate surface area is 99.6 Å². The van der Waals surface area contributed by atoms with Crippen LogP contribution in [0, 0.1) is 0 Å². The summed E-state index contributed by atoms with van der Waals surface area (Å²) in [4.78, 5) is 14.5. The summed E-state index contributed by atoms with van der Waals surface area (Å²) in [7, 11) is 1.84. The van der Waals surface area contributed by atoms with Crippen molar-refractivity contribution < 1.29 is 9.53 Å². The zero-order chi connectivity index (χ0) is 12.1. The number of nitrogens with zero attached hydrogens (tertiary/aromatic N) is 1. The van der Waals surface area contributed by atoms with Crippen molar-refractivity contribution >= 4 is 17.4 Å². The largest absolute Gasteiger partial charge is 0.466 e. The highest BCUT2D eigenvalue weighted by atomic mass is 16.5. The number of aromatic nitrogens is 1. The first kappa shape index (κ1) is 11.5. The first-order valence-electron chi connectivity index (χ1n) is 5.42. The molecule has 1 unspecified atom stereocenters. The lowest BCUT2D eigenvalue weighted by Crippen LogP contribution is -2.21. The molecule has 0 aliphatic heterocycles. The number of hydrogen-bond acceptors (Lipinski definition) is 4. The molecule has 88 valence electrons. The van der Waals surface area contributed by atoms with Crippen LogP contribution in [0.2, 0.25) is 0 Å². The lowest BCUT2D eigenvalue weighted by Gasteiger charge is -2.15. The SMILES string of the molecule is CNC(COC=O)c1ccc2ncccc2c1. The number of hydrogen-bond donors (Lipinski definition) is 1. The molecule has 17 heavy (non-hydrogen) atoms. The number of nitrogens with one attached hydrogen (secondary N) is 1. The van der Waals surface area contributed by atoms with Crippen LogP contribution in [0.4, 0.5) is 0 Å². The predicted octanol–water partition coefficient (Wildman–Crippen LogP) is 1.67. The molecule has 0 saturated carbocycles. The van der Waals surface area contributed by atoms with Crippen molar-refractivity contribution in [2.45, 2.75) is 6.04 Å². The summed E-state index contributed by atoms with van der Waals surface area (Å²) in [6, 6.07) is 9.93. The van der Waals surface area contributed by atoms with Crippen LogP contribution in [0.3, 0.4) is 0 Å². The maximum atomic E-state index is 10.2. The molecule has 0 fully saturated rings. The zero-order valence-corrected chi connectivity index (χ0v) is 9.59. The summed E-state index contributed by atoms with van der Waals surface area (Å²) in [6.07, 6.45) is 1.77.